The second-order valence-corrected chi connectivity index (χ2v) is 5.63. The van der Waals surface area contributed by atoms with Crippen LogP contribution in [0.25, 0.3) is 0 Å². The molecular formula is C14H16Cl2N2O2. The molecule has 1 fully saturated rings. The Bertz CT molecular complexity index is 488. The molecule has 1 aliphatic rings. The van der Waals surface area contributed by atoms with Gasteiger partial charge in [-0.25, -0.2) is 0 Å². The molecule has 1 aromatic rings. The summed E-state index contributed by atoms with van der Waals surface area (Å²) in [5.41, 5.74) is 0.417. The predicted octanol–water partition coefficient (Wildman–Crippen LogP) is 2.99. The molecule has 1 saturated heterocycles. The fraction of sp³-hybridized carbons (Fsp3) is 0.429. The standard InChI is InChI=1S/C14H16Cl2N2O2/c15-11-5-3-6-12(16)14(11)17-13(20)8-18-7-2-1-4-10(18)9-19/h3,5-6,9-10H,1-2,4,7-8H2,(H,17,20). The van der Waals surface area contributed by atoms with E-state index in [9.17, 15) is 9.59 Å². The normalized spacial score (nSPS) is 19.6. The molecule has 1 heterocycles. The number of anilines is 1. The van der Waals surface area contributed by atoms with Gasteiger partial charge in [-0.1, -0.05) is 35.7 Å². The molecule has 0 saturated carbocycles. The summed E-state index contributed by atoms with van der Waals surface area (Å²) < 4.78 is 0. The molecule has 4 nitrogen and oxygen atoms in total. The minimum atomic E-state index is -0.214. The first-order valence-corrected chi connectivity index (χ1v) is 7.30. The fourth-order valence-corrected chi connectivity index (χ4v) is 2.84. The summed E-state index contributed by atoms with van der Waals surface area (Å²) in [5, 5.41) is 3.51. The first-order chi connectivity index (χ1) is 9.61. The van der Waals surface area contributed by atoms with E-state index in [1.54, 1.807) is 18.2 Å². The summed E-state index contributed by atoms with van der Waals surface area (Å²) >= 11 is 12.0. The molecule has 0 bridgehead atoms. The molecule has 0 aliphatic carbocycles. The minimum absolute atomic E-state index is 0.170. The Morgan fingerprint density at radius 3 is 2.70 bits per heavy atom. The van der Waals surface area contributed by atoms with Crippen molar-refractivity contribution >= 4 is 41.1 Å². The van der Waals surface area contributed by atoms with Crippen molar-refractivity contribution in [2.24, 2.45) is 0 Å². The predicted molar refractivity (Wildman–Crippen MR) is 80.4 cm³/mol. The molecule has 0 radical (unpaired) electrons. The zero-order valence-electron chi connectivity index (χ0n) is 10.9. The molecule has 0 spiro atoms. The van der Waals surface area contributed by atoms with Crippen molar-refractivity contribution in [2.75, 3.05) is 18.4 Å². The summed E-state index contributed by atoms with van der Waals surface area (Å²) in [6, 6.07) is 4.88. The van der Waals surface area contributed by atoms with E-state index in [4.69, 9.17) is 23.2 Å². The van der Waals surface area contributed by atoms with Crippen LogP contribution in [0.2, 0.25) is 10.0 Å². The van der Waals surface area contributed by atoms with E-state index in [0.29, 0.717) is 15.7 Å². The largest absolute Gasteiger partial charge is 0.322 e. The Morgan fingerprint density at radius 2 is 2.05 bits per heavy atom. The highest BCUT2D eigenvalue weighted by molar-refractivity contribution is 6.39. The van der Waals surface area contributed by atoms with Crippen molar-refractivity contribution < 1.29 is 9.59 Å². The zero-order chi connectivity index (χ0) is 14.5. The van der Waals surface area contributed by atoms with Crippen molar-refractivity contribution in [3.05, 3.63) is 28.2 Å². The second-order valence-electron chi connectivity index (χ2n) is 4.81. The van der Waals surface area contributed by atoms with Gasteiger partial charge in [0.25, 0.3) is 0 Å². The number of nitrogens with one attached hydrogen (secondary N) is 1. The number of nitrogens with zero attached hydrogens (tertiary/aromatic N) is 1. The van der Waals surface area contributed by atoms with E-state index in [1.807, 2.05) is 4.90 Å². The molecule has 1 unspecified atom stereocenters. The number of halogens is 2. The zero-order valence-corrected chi connectivity index (χ0v) is 12.5. The molecule has 1 N–H and O–H groups in total. The number of hydrogen-bond acceptors (Lipinski definition) is 3. The van der Waals surface area contributed by atoms with Gasteiger partial charge in [-0.2, -0.15) is 0 Å². The molecule has 1 aliphatic heterocycles. The van der Waals surface area contributed by atoms with Crippen LogP contribution < -0.4 is 5.32 Å². The molecule has 108 valence electrons. The maximum atomic E-state index is 12.1. The molecular weight excluding hydrogens is 299 g/mol. The van der Waals surface area contributed by atoms with E-state index < -0.39 is 0 Å². The van der Waals surface area contributed by atoms with Crippen LogP contribution in [0.4, 0.5) is 5.69 Å². The first-order valence-electron chi connectivity index (χ1n) is 6.55. The lowest BCUT2D eigenvalue weighted by Gasteiger charge is -2.31. The number of piperidine rings is 1. The smallest absolute Gasteiger partial charge is 0.238 e. The lowest BCUT2D eigenvalue weighted by atomic mass is 10.0. The number of rotatable bonds is 4. The van der Waals surface area contributed by atoms with Crippen molar-refractivity contribution in [2.45, 2.75) is 25.3 Å². The average Bonchev–Trinajstić information content (AvgIpc) is 2.44. The summed E-state index contributed by atoms with van der Waals surface area (Å²) in [6.45, 7) is 0.929. The van der Waals surface area contributed by atoms with Gasteiger partial charge >= 0.3 is 0 Å². The van der Waals surface area contributed by atoms with Crippen LogP contribution in [-0.4, -0.2) is 36.2 Å². The number of benzene rings is 1. The van der Waals surface area contributed by atoms with Gasteiger partial charge in [0.2, 0.25) is 5.91 Å². The van der Waals surface area contributed by atoms with Crippen molar-refractivity contribution in [3.63, 3.8) is 0 Å². The molecule has 20 heavy (non-hydrogen) atoms. The minimum Gasteiger partial charge on any atom is -0.322 e. The third-order valence-electron chi connectivity index (χ3n) is 3.40. The number of carbonyl (C=O) groups excluding carboxylic acids is 2. The number of aldehydes is 1. The van der Waals surface area contributed by atoms with Gasteiger partial charge in [0.05, 0.1) is 28.3 Å². The average molecular weight is 315 g/mol. The molecule has 0 aromatic heterocycles. The van der Waals surface area contributed by atoms with Gasteiger partial charge in [0.1, 0.15) is 6.29 Å². The van der Waals surface area contributed by atoms with Gasteiger partial charge < -0.3 is 10.1 Å². The second kappa shape index (κ2) is 7.07. The number of amides is 1. The summed E-state index contributed by atoms with van der Waals surface area (Å²) in [4.78, 5) is 24.9. The van der Waals surface area contributed by atoms with Gasteiger partial charge in [0, 0.05) is 0 Å². The van der Waals surface area contributed by atoms with Gasteiger partial charge in [0.15, 0.2) is 0 Å². The van der Waals surface area contributed by atoms with Crippen molar-refractivity contribution in [3.8, 4) is 0 Å². The van der Waals surface area contributed by atoms with Crippen molar-refractivity contribution in [1.82, 2.24) is 4.90 Å². The quantitative estimate of drug-likeness (QED) is 0.869. The van der Waals surface area contributed by atoms with E-state index >= 15 is 0 Å². The van der Waals surface area contributed by atoms with Crippen LogP contribution in [-0.2, 0) is 9.59 Å². The number of para-hydroxylation sites is 1. The highest BCUT2D eigenvalue weighted by Crippen LogP contribution is 2.29. The van der Waals surface area contributed by atoms with Crippen LogP contribution in [0, 0.1) is 0 Å². The maximum Gasteiger partial charge on any atom is 0.238 e. The Hall–Kier alpha value is -1.10. The third kappa shape index (κ3) is 3.72. The maximum absolute atomic E-state index is 12.1. The molecule has 1 atom stereocenters. The van der Waals surface area contributed by atoms with Crippen LogP contribution in [0.5, 0.6) is 0 Å². The Kier molecular flexibility index (Phi) is 5.40. The van der Waals surface area contributed by atoms with E-state index in [-0.39, 0.29) is 18.5 Å². The first kappa shape index (κ1) is 15.3. The molecule has 6 heteroatoms. The highest BCUT2D eigenvalue weighted by atomic mass is 35.5. The third-order valence-corrected chi connectivity index (χ3v) is 4.03. The van der Waals surface area contributed by atoms with Crippen LogP contribution in [0.3, 0.4) is 0 Å². The Morgan fingerprint density at radius 1 is 1.35 bits per heavy atom. The summed E-state index contributed by atoms with van der Waals surface area (Å²) in [7, 11) is 0. The Balaban J connectivity index is 2.00. The van der Waals surface area contributed by atoms with Gasteiger partial charge in [-0.05, 0) is 31.5 Å². The lowest BCUT2D eigenvalue weighted by molar-refractivity contribution is -0.120. The number of likely N-dealkylation sites (tertiary alicyclic amines) is 1. The van der Waals surface area contributed by atoms with E-state index in [0.717, 1.165) is 32.1 Å². The summed E-state index contributed by atoms with van der Waals surface area (Å²) in [6.07, 6.45) is 3.75. The fourth-order valence-electron chi connectivity index (χ4n) is 2.35. The van der Waals surface area contributed by atoms with Crippen LogP contribution >= 0.6 is 23.2 Å². The highest BCUT2D eigenvalue weighted by Gasteiger charge is 2.24. The number of carbonyl (C=O) groups is 2. The monoisotopic (exact) mass is 314 g/mol. The van der Waals surface area contributed by atoms with Crippen molar-refractivity contribution in [1.29, 1.82) is 0 Å². The Labute approximate surface area is 128 Å². The van der Waals surface area contributed by atoms with Gasteiger partial charge in [-0.3, -0.25) is 9.69 Å². The topological polar surface area (TPSA) is 49.4 Å². The lowest BCUT2D eigenvalue weighted by Crippen LogP contribution is -2.44. The van der Waals surface area contributed by atoms with Crippen LogP contribution in [0.1, 0.15) is 19.3 Å². The van der Waals surface area contributed by atoms with E-state index in [2.05, 4.69) is 5.32 Å². The molecule has 1 aromatic carbocycles. The van der Waals surface area contributed by atoms with Gasteiger partial charge in [-0.15, -0.1) is 0 Å². The number of hydrogen-bond donors (Lipinski definition) is 1. The molecule has 2 rings (SSSR count). The molecule has 1 amide bonds. The SMILES string of the molecule is O=CC1CCCCN1CC(=O)Nc1c(Cl)cccc1Cl. The van der Waals surface area contributed by atoms with E-state index in [1.165, 1.54) is 0 Å². The van der Waals surface area contributed by atoms with Crippen LogP contribution in [0.15, 0.2) is 18.2 Å². The summed E-state index contributed by atoms with van der Waals surface area (Å²) in [5.74, 6) is -0.214.